The second-order valence-electron chi connectivity index (χ2n) is 8.48. The lowest BCUT2D eigenvalue weighted by Crippen LogP contribution is -2.33. The molecule has 2 heterocycles. The van der Waals surface area contributed by atoms with Gasteiger partial charge < -0.3 is 14.2 Å². The third kappa shape index (κ3) is 6.96. The Morgan fingerprint density at radius 2 is 1.77 bits per heavy atom. The van der Waals surface area contributed by atoms with Crippen LogP contribution in [0.1, 0.15) is 43.0 Å². The molecule has 3 aromatic rings. The SMILES string of the molecule is CCCOc1ccc(OC)c(-c2csc(NC(=O)c3ccc(OCCN4CCCCC4)cc3)n2)c1. The Morgan fingerprint density at radius 1 is 1.03 bits per heavy atom. The van der Waals surface area contributed by atoms with E-state index in [-0.39, 0.29) is 5.91 Å². The fraction of sp³-hybridized carbons (Fsp3) is 0.407. The molecule has 1 saturated heterocycles. The van der Waals surface area contributed by atoms with E-state index in [0.29, 0.717) is 29.7 Å². The van der Waals surface area contributed by atoms with Gasteiger partial charge in [-0.15, -0.1) is 11.3 Å². The minimum atomic E-state index is -0.210. The van der Waals surface area contributed by atoms with Crippen LogP contribution in [-0.4, -0.2) is 55.7 Å². The van der Waals surface area contributed by atoms with Crippen LogP contribution in [0.3, 0.4) is 0 Å². The van der Waals surface area contributed by atoms with Crippen LogP contribution in [0.15, 0.2) is 47.8 Å². The molecule has 0 unspecified atom stereocenters. The third-order valence-corrected chi connectivity index (χ3v) is 6.64. The molecule has 0 saturated carbocycles. The quantitative estimate of drug-likeness (QED) is 0.367. The van der Waals surface area contributed by atoms with Gasteiger partial charge in [-0.1, -0.05) is 13.3 Å². The van der Waals surface area contributed by atoms with Crippen LogP contribution in [0.25, 0.3) is 11.3 Å². The van der Waals surface area contributed by atoms with Crippen LogP contribution in [0, 0.1) is 0 Å². The topological polar surface area (TPSA) is 72.9 Å². The summed E-state index contributed by atoms with van der Waals surface area (Å²) < 4.78 is 17.1. The first kappa shape index (κ1) is 25.0. The van der Waals surface area contributed by atoms with Crippen LogP contribution in [-0.2, 0) is 0 Å². The first-order valence-corrected chi connectivity index (χ1v) is 13.1. The number of hydrogen-bond donors (Lipinski definition) is 1. The molecule has 0 atom stereocenters. The first-order chi connectivity index (χ1) is 17.2. The molecule has 0 bridgehead atoms. The van der Waals surface area contributed by atoms with Gasteiger partial charge >= 0.3 is 0 Å². The summed E-state index contributed by atoms with van der Waals surface area (Å²) in [6, 6.07) is 12.9. The van der Waals surface area contributed by atoms with E-state index in [1.807, 2.05) is 35.7 Å². The molecule has 0 spiro atoms. The van der Waals surface area contributed by atoms with Crippen molar-refractivity contribution >= 4 is 22.4 Å². The van der Waals surface area contributed by atoms with E-state index in [9.17, 15) is 4.79 Å². The van der Waals surface area contributed by atoms with Gasteiger partial charge in [0, 0.05) is 23.1 Å². The first-order valence-electron chi connectivity index (χ1n) is 12.2. The second-order valence-corrected chi connectivity index (χ2v) is 9.34. The zero-order valence-electron chi connectivity index (χ0n) is 20.4. The van der Waals surface area contributed by atoms with Gasteiger partial charge in [0.25, 0.3) is 5.91 Å². The molecule has 1 N–H and O–H groups in total. The third-order valence-electron chi connectivity index (χ3n) is 5.89. The predicted molar refractivity (Wildman–Crippen MR) is 140 cm³/mol. The highest BCUT2D eigenvalue weighted by Crippen LogP contribution is 2.35. The number of thiazole rings is 1. The zero-order valence-corrected chi connectivity index (χ0v) is 21.2. The van der Waals surface area contributed by atoms with Gasteiger partial charge in [-0.3, -0.25) is 15.0 Å². The van der Waals surface area contributed by atoms with E-state index in [0.717, 1.165) is 48.8 Å². The number of hydrogen-bond acceptors (Lipinski definition) is 7. The highest BCUT2D eigenvalue weighted by Gasteiger charge is 2.14. The number of nitrogens with one attached hydrogen (secondary N) is 1. The molecule has 1 aliphatic rings. The average molecular weight is 496 g/mol. The summed E-state index contributed by atoms with van der Waals surface area (Å²) in [5, 5.41) is 5.31. The summed E-state index contributed by atoms with van der Waals surface area (Å²) in [4.78, 5) is 19.8. The normalized spacial score (nSPS) is 13.9. The van der Waals surface area contributed by atoms with Crippen molar-refractivity contribution in [2.45, 2.75) is 32.6 Å². The Hall–Kier alpha value is -3.10. The second kappa shape index (κ2) is 12.6. The van der Waals surface area contributed by atoms with Crippen molar-refractivity contribution in [1.82, 2.24) is 9.88 Å². The summed E-state index contributed by atoms with van der Waals surface area (Å²) in [5.41, 5.74) is 2.10. The molecule has 2 aromatic carbocycles. The highest BCUT2D eigenvalue weighted by molar-refractivity contribution is 7.14. The Balaban J connectivity index is 1.34. The number of aromatic nitrogens is 1. The van der Waals surface area contributed by atoms with Crippen molar-refractivity contribution in [2.24, 2.45) is 0 Å². The van der Waals surface area contributed by atoms with E-state index in [2.05, 4.69) is 22.1 Å². The minimum Gasteiger partial charge on any atom is -0.496 e. The molecular formula is C27H33N3O4S. The molecule has 1 fully saturated rings. The number of rotatable bonds is 11. The Kier molecular flexibility index (Phi) is 8.97. The van der Waals surface area contributed by atoms with Crippen LogP contribution in [0.4, 0.5) is 5.13 Å². The summed E-state index contributed by atoms with van der Waals surface area (Å²) >= 11 is 1.37. The number of ether oxygens (including phenoxy) is 3. The molecule has 1 amide bonds. The summed E-state index contributed by atoms with van der Waals surface area (Å²) in [7, 11) is 1.63. The maximum Gasteiger partial charge on any atom is 0.257 e. The van der Waals surface area contributed by atoms with E-state index in [4.69, 9.17) is 14.2 Å². The van der Waals surface area contributed by atoms with Crippen molar-refractivity contribution in [3.63, 3.8) is 0 Å². The average Bonchev–Trinajstić information content (AvgIpc) is 3.36. The lowest BCUT2D eigenvalue weighted by molar-refractivity contribution is 0.102. The van der Waals surface area contributed by atoms with Crippen molar-refractivity contribution < 1.29 is 19.0 Å². The highest BCUT2D eigenvalue weighted by atomic mass is 32.1. The summed E-state index contributed by atoms with van der Waals surface area (Å²) in [5.74, 6) is 2.03. The van der Waals surface area contributed by atoms with Crippen molar-refractivity contribution in [3.05, 3.63) is 53.4 Å². The van der Waals surface area contributed by atoms with E-state index < -0.39 is 0 Å². The van der Waals surface area contributed by atoms with Gasteiger partial charge in [0.15, 0.2) is 5.13 Å². The van der Waals surface area contributed by atoms with E-state index in [1.54, 1.807) is 19.2 Å². The van der Waals surface area contributed by atoms with Gasteiger partial charge in [-0.25, -0.2) is 4.98 Å². The van der Waals surface area contributed by atoms with Crippen LogP contribution in [0.5, 0.6) is 17.2 Å². The molecule has 0 aliphatic carbocycles. The largest absolute Gasteiger partial charge is 0.496 e. The summed E-state index contributed by atoms with van der Waals surface area (Å²) in [6.07, 6.45) is 4.81. The lowest BCUT2D eigenvalue weighted by Gasteiger charge is -2.26. The number of amides is 1. The lowest BCUT2D eigenvalue weighted by atomic mass is 10.1. The standard InChI is InChI=1S/C27H33N3O4S/c1-3-16-33-22-11-12-25(32-2)23(18-22)24-19-35-27(28-24)29-26(31)20-7-9-21(10-8-20)34-17-15-30-13-5-4-6-14-30/h7-12,18-19H,3-6,13-17H2,1-2H3,(H,28,29,31). The maximum atomic E-state index is 12.8. The molecule has 1 aromatic heterocycles. The molecule has 4 rings (SSSR count). The van der Waals surface area contributed by atoms with Gasteiger partial charge in [-0.05, 0) is 74.8 Å². The Bertz CT molecular complexity index is 1090. The number of anilines is 1. The fourth-order valence-corrected chi connectivity index (χ4v) is 4.70. The van der Waals surface area contributed by atoms with Gasteiger partial charge in [0.1, 0.15) is 23.9 Å². The smallest absolute Gasteiger partial charge is 0.257 e. The number of methoxy groups -OCH3 is 1. The molecule has 8 heteroatoms. The van der Waals surface area contributed by atoms with Crippen LogP contribution < -0.4 is 19.5 Å². The van der Waals surface area contributed by atoms with Gasteiger partial charge in [0.2, 0.25) is 0 Å². The maximum absolute atomic E-state index is 12.8. The minimum absolute atomic E-state index is 0.210. The number of carbonyl (C=O) groups excluding carboxylic acids is 1. The number of likely N-dealkylation sites (tertiary alicyclic amines) is 1. The van der Waals surface area contributed by atoms with Gasteiger partial charge in [-0.2, -0.15) is 0 Å². The molecule has 186 valence electrons. The van der Waals surface area contributed by atoms with Gasteiger partial charge in [0.05, 0.1) is 19.4 Å². The number of carbonyl (C=O) groups is 1. The molecule has 1 aliphatic heterocycles. The van der Waals surface area contributed by atoms with Crippen molar-refractivity contribution in [2.75, 3.05) is 45.3 Å². The fourth-order valence-electron chi connectivity index (χ4n) is 4.00. The molecule has 0 radical (unpaired) electrons. The summed E-state index contributed by atoms with van der Waals surface area (Å²) in [6.45, 7) is 6.62. The van der Waals surface area contributed by atoms with E-state index in [1.165, 1.54) is 30.6 Å². The Labute approximate surface area is 211 Å². The monoisotopic (exact) mass is 495 g/mol. The predicted octanol–water partition coefficient (Wildman–Crippen LogP) is 5.72. The van der Waals surface area contributed by atoms with Crippen molar-refractivity contribution in [3.8, 4) is 28.5 Å². The Morgan fingerprint density at radius 3 is 2.51 bits per heavy atom. The molecule has 35 heavy (non-hydrogen) atoms. The molecular weight excluding hydrogens is 462 g/mol. The number of nitrogens with zero attached hydrogens (tertiary/aromatic N) is 2. The zero-order chi connectivity index (χ0) is 24.5. The number of benzene rings is 2. The van der Waals surface area contributed by atoms with Crippen LogP contribution >= 0.6 is 11.3 Å². The van der Waals surface area contributed by atoms with Crippen molar-refractivity contribution in [1.29, 1.82) is 0 Å². The molecule has 7 nitrogen and oxygen atoms in total. The number of piperidine rings is 1. The van der Waals surface area contributed by atoms with E-state index >= 15 is 0 Å². The van der Waals surface area contributed by atoms with Crippen LogP contribution in [0.2, 0.25) is 0 Å².